The molecule has 2 N–H and O–H groups in total. The monoisotopic (exact) mass is 423 g/mol. The summed E-state index contributed by atoms with van der Waals surface area (Å²) >= 11 is 0. The van der Waals surface area contributed by atoms with Gasteiger partial charge < -0.3 is 15.0 Å². The second kappa shape index (κ2) is 9.27. The molecule has 4 nitrogen and oxygen atoms in total. The lowest BCUT2D eigenvalue weighted by atomic mass is 9.97. The van der Waals surface area contributed by atoms with Crippen LogP contribution in [-0.4, -0.2) is 25.1 Å². The number of benzene rings is 3. The van der Waals surface area contributed by atoms with Crippen LogP contribution in [0, 0.1) is 0 Å². The molecule has 31 heavy (non-hydrogen) atoms. The second-order valence-electron chi connectivity index (χ2n) is 7.69. The predicted octanol–water partition coefficient (Wildman–Crippen LogP) is 3.92. The Bertz CT molecular complexity index is 1030. The summed E-state index contributed by atoms with van der Waals surface area (Å²) in [6.45, 7) is -0.261. The lowest BCUT2D eigenvalue weighted by Crippen LogP contribution is -2.92. The molecular weight excluding hydrogens is 398 g/mol. The molecule has 160 valence electrons. The van der Waals surface area contributed by atoms with Gasteiger partial charge in [0.05, 0.1) is 0 Å². The van der Waals surface area contributed by atoms with Gasteiger partial charge in [-0.05, 0) is 49.2 Å². The maximum absolute atomic E-state index is 13.3. The molecule has 0 aromatic heterocycles. The van der Waals surface area contributed by atoms with Gasteiger partial charge in [0, 0.05) is 23.4 Å². The molecule has 0 aliphatic carbocycles. The van der Waals surface area contributed by atoms with Crippen molar-refractivity contribution in [1.82, 2.24) is 0 Å². The molecule has 0 saturated heterocycles. The normalized spacial score (nSPS) is 14.9. The van der Waals surface area contributed by atoms with Gasteiger partial charge in [-0.25, -0.2) is 0 Å². The molecule has 0 spiro atoms. The summed E-state index contributed by atoms with van der Waals surface area (Å²) in [5.74, 6) is 0.173. The number of alkyl halides is 2. The number of halogens is 2. The first-order valence-corrected chi connectivity index (χ1v) is 10.4. The zero-order valence-electron chi connectivity index (χ0n) is 17.2. The van der Waals surface area contributed by atoms with E-state index >= 15 is 0 Å². The molecule has 0 radical (unpaired) electrons. The van der Waals surface area contributed by atoms with Gasteiger partial charge in [-0.2, -0.15) is 8.78 Å². The highest BCUT2D eigenvalue weighted by molar-refractivity contribution is 5.97. The largest absolute Gasteiger partial charge is 0.435 e. The van der Waals surface area contributed by atoms with E-state index in [-0.39, 0.29) is 23.7 Å². The Kier molecular flexibility index (Phi) is 6.28. The van der Waals surface area contributed by atoms with Crippen molar-refractivity contribution in [2.45, 2.75) is 32.0 Å². The summed E-state index contributed by atoms with van der Waals surface area (Å²) in [6.07, 6.45) is 0.863. The highest BCUT2D eigenvalue weighted by Crippen LogP contribution is 2.28. The van der Waals surface area contributed by atoms with Gasteiger partial charge in [0.2, 0.25) is 0 Å². The predicted molar refractivity (Wildman–Crippen MR) is 115 cm³/mol. The van der Waals surface area contributed by atoms with E-state index in [2.05, 4.69) is 10.8 Å². The standard InChI is InChI=1S/C25H24F2N2O2/c1-17(24(30)29-16-15-18-7-5-6-10-22(18)29)28-23(19-8-3-2-4-9-19)20-11-13-21(14-12-20)31-25(26)27/h2-14,17,23,25,28H,15-16H2,1H3/p+1/t17-,23-/m0/s1. The Morgan fingerprint density at radius 1 is 0.935 bits per heavy atom. The number of carbonyl (C=O) groups is 1. The van der Waals surface area contributed by atoms with Gasteiger partial charge in [0.1, 0.15) is 11.8 Å². The van der Waals surface area contributed by atoms with E-state index in [1.165, 1.54) is 17.7 Å². The fourth-order valence-corrected chi connectivity index (χ4v) is 4.12. The van der Waals surface area contributed by atoms with Gasteiger partial charge in [-0.15, -0.1) is 0 Å². The minimum Gasteiger partial charge on any atom is -0.435 e. The summed E-state index contributed by atoms with van der Waals surface area (Å²) in [6, 6.07) is 24.0. The number of fused-ring (bicyclic) bond motifs is 1. The Morgan fingerprint density at radius 2 is 1.58 bits per heavy atom. The molecule has 1 aliphatic rings. The van der Waals surface area contributed by atoms with Crippen LogP contribution in [0.5, 0.6) is 5.75 Å². The van der Waals surface area contributed by atoms with Gasteiger partial charge in [-0.1, -0.05) is 48.5 Å². The second-order valence-corrected chi connectivity index (χ2v) is 7.69. The third kappa shape index (κ3) is 4.75. The summed E-state index contributed by atoms with van der Waals surface area (Å²) in [7, 11) is 0. The van der Waals surface area contributed by atoms with Crippen LogP contribution in [0.4, 0.5) is 14.5 Å². The van der Waals surface area contributed by atoms with Crippen molar-refractivity contribution in [2.24, 2.45) is 0 Å². The highest BCUT2D eigenvalue weighted by atomic mass is 19.3. The number of quaternary nitrogens is 1. The number of amides is 1. The number of anilines is 1. The Labute approximate surface area is 180 Å². The number of rotatable bonds is 7. The topological polar surface area (TPSA) is 46.1 Å². The van der Waals surface area contributed by atoms with Crippen LogP contribution in [-0.2, 0) is 11.2 Å². The van der Waals surface area contributed by atoms with Crippen LogP contribution in [0.2, 0.25) is 0 Å². The molecule has 1 heterocycles. The minimum absolute atomic E-state index is 0.0588. The number of nitrogens with zero attached hydrogens (tertiary/aromatic N) is 1. The third-order valence-corrected chi connectivity index (χ3v) is 5.65. The van der Waals surface area contributed by atoms with Gasteiger partial charge in [0.25, 0.3) is 5.91 Å². The number of hydrogen-bond acceptors (Lipinski definition) is 2. The van der Waals surface area contributed by atoms with E-state index in [0.29, 0.717) is 6.54 Å². The fraction of sp³-hybridized carbons (Fsp3) is 0.240. The van der Waals surface area contributed by atoms with Crippen LogP contribution >= 0.6 is 0 Å². The van der Waals surface area contributed by atoms with Crippen LogP contribution in [0.1, 0.15) is 29.7 Å². The Morgan fingerprint density at radius 3 is 2.29 bits per heavy atom. The molecule has 0 bridgehead atoms. The van der Waals surface area contributed by atoms with E-state index in [9.17, 15) is 13.6 Å². The molecule has 3 aromatic carbocycles. The average Bonchev–Trinajstić information content (AvgIpc) is 3.22. The maximum Gasteiger partial charge on any atom is 0.387 e. The average molecular weight is 423 g/mol. The molecule has 2 atom stereocenters. The molecule has 1 amide bonds. The lowest BCUT2D eigenvalue weighted by Gasteiger charge is -2.24. The summed E-state index contributed by atoms with van der Waals surface area (Å²) in [5.41, 5.74) is 4.12. The smallest absolute Gasteiger partial charge is 0.387 e. The van der Waals surface area contributed by atoms with Crippen molar-refractivity contribution < 1.29 is 23.6 Å². The SMILES string of the molecule is C[C@H]([NH2+][C@@H](c1ccccc1)c1ccc(OC(F)F)cc1)C(=O)N1CCc2ccccc21. The van der Waals surface area contributed by atoms with Crippen molar-refractivity contribution in [1.29, 1.82) is 0 Å². The maximum atomic E-state index is 13.3. The molecular formula is C25H25F2N2O2+. The van der Waals surface area contributed by atoms with E-state index in [0.717, 1.165) is 23.2 Å². The van der Waals surface area contributed by atoms with E-state index < -0.39 is 6.61 Å². The number of nitrogens with two attached hydrogens (primary N) is 1. The first kappa shape index (κ1) is 21.0. The number of ether oxygens (including phenoxy) is 1. The Hall–Kier alpha value is -3.25. The third-order valence-electron chi connectivity index (χ3n) is 5.65. The molecule has 0 fully saturated rings. The first-order chi connectivity index (χ1) is 15.0. The molecule has 1 aliphatic heterocycles. The molecule has 0 saturated carbocycles. The van der Waals surface area contributed by atoms with Crippen molar-refractivity contribution in [2.75, 3.05) is 11.4 Å². The summed E-state index contributed by atoms with van der Waals surface area (Å²) < 4.78 is 29.4. The zero-order chi connectivity index (χ0) is 21.8. The van der Waals surface area contributed by atoms with Crippen molar-refractivity contribution in [3.8, 4) is 5.75 Å². The van der Waals surface area contributed by atoms with E-state index in [1.807, 2.05) is 65.7 Å². The van der Waals surface area contributed by atoms with Crippen LogP contribution in [0.25, 0.3) is 0 Å². The molecule has 6 heteroatoms. The van der Waals surface area contributed by atoms with E-state index in [1.54, 1.807) is 12.1 Å². The van der Waals surface area contributed by atoms with Crippen molar-refractivity contribution in [3.63, 3.8) is 0 Å². The van der Waals surface area contributed by atoms with Crippen molar-refractivity contribution in [3.05, 3.63) is 95.6 Å². The minimum atomic E-state index is -2.86. The Balaban J connectivity index is 1.56. The lowest BCUT2D eigenvalue weighted by molar-refractivity contribution is -0.704. The molecule has 3 aromatic rings. The number of hydrogen-bond donors (Lipinski definition) is 1. The fourth-order valence-electron chi connectivity index (χ4n) is 4.12. The van der Waals surface area contributed by atoms with Crippen LogP contribution in [0.15, 0.2) is 78.9 Å². The summed E-state index contributed by atoms with van der Waals surface area (Å²) in [5, 5.41) is 2.03. The first-order valence-electron chi connectivity index (χ1n) is 10.4. The van der Waals surface area contributed by atoms with Gasteiger partial charge in [-0.3, -0.25) is 4.79 Å². The molecule has 4 rings (SSSR count). The van der Waals surface area contributed by atoms with E-state index in [4.69, 9.17) is 0 Å². The number of para-hydroxylation sites is 1. The van der Waals surface area contributed by atoms with Crippen LogP contribution < -0.4 is 15.0 Å². The molecule has 0 unspecified atom stereocenters. The van der Waals surface area contributed by atoms with Crippen molar-refractivity contribution >= 4 is 11.6 Å². The van der Waals surface area contributed by atoms with Gasteiger partial charge in [0.15, 0.2) is 6.04 Å². The van der Waals surface area contributed by atoms with Crippen LogP contribution in [0.3, 0.4) is 0 Å². The van der Waals surface area contributed by atoms with Gasteiger partial charge >= 0.3 is 6.61 Å². The number of carbonyl (C=O) groups excluding carboxylic acids is 1. The summed E-state index contributed by atoms with van der Waals surface area (Å²) in [4.78, 5) is 15.1. The highest BCUT2D eigenvalue weighted by Gasteiger charge is 2.32. The quantitative estimate of drug-likeness (QED) is 0.626. The zero-order valence-corrected chi connectivity index (χ0v) is 17.2.